The molecule has 0 spiro atoms. The standard InChI is InChI=1S/C73H142O17P2/c1-9-66(8)52-44-36-31-32-40-48-56-73(78)90-69(60-84-71(76)54-46-38-29-24-23-27-35-43-51-65(6)7)62-88-92(81,82)86-58-67(74)57-85-91(79,80)87-61-68(59-83-70(75)53-45-37-28-21-18-14-16-20-26-34-42-50-64(4)5)89-72(77)55-47-39-30-22-17-13-11-10-12-15-19-25-33-41-49-63(2)3/h63-69,74H,9-62H2,1-8H3,(H,79,80)(H,81,82)/t66?,67?,68-,69-/m1/s1. The maximum atomic E-state index is 13.1. The Morgan fingerprint density at radius 2 is 0.522 bits per heavy atom. The molecule has 0 bridgehead atoms. The number of phosphoric acid groups is 2. The summed E-state index contributed by atoms with van der Waals surface area (Å²) in [6.07, 6.45) is 45.9. The largest absolute Gasteiger partial charge is 0.472 e. The summed E-state index contributed by atoms with van der Waals surface area (Å²) in [6, 6.07) is 0. The summed E-state index contributed by atoms with van der Waals surface area (Å²) in [4.78, 5) is 72.7. The number of hydrogen-bond donors (Lipinski definition) is 3. The highest BCUT2D eigenvalue weighted by Gasteiger charge is 2.30. The van der Waals surface area contributed by atoms with Crippen LogP contribution in [0.2, 0.25) is 0 Å². The molecule has 0 aromatic carbocycles. The highest BCUT2D eigenvalue weighted by atomic mass is 31.2. The van der Waals surface area contributed by atoms with Crippen LogP contribution in [-0.4, -0.2) is 96.7 Å². The lowest BCUT2D eigenvalue weighted by atomic mass is 10.00. The molecule has 17 nitrogen and oxygen atoms in total. The number of rotatable bonds is 70. The molecule has 92 heavy (non-hydrogen) atoms. The first-order chi connectivity index (χ1) is 44.1. The van der Waals surface area contributed by atoms with Gasteiger partial charge < -0.3 is 33.8 Å². The molecule has 0 radical (unpaired) electrons. The summed E-state index contributed by atoms with van der Waals surface area (Å²) < 4.78 is 68.4. The zero-order valence-electron chi connectivity index (χ0n) is 60.2. The maximum Gasteiger partial charge on any atom is 0.472 e. The fourth-order valence-electron chi connectivity index (χ4n) is 11.0. The van der Waals surface area contributed by atoms with Crippen LogP contribution >= 0.6 is 15.6 Å². The number of unbranched alkanes of at least 4 members (excludes halogenated alkanes) is 35. The molecular weight excluding hydrogens is 1210 g/mol. The average molecular weight is 1350 g/mol. The second-order valence-corrected chi connectivity index (χ2v) is 30.9. The summed E-state index contributed by atoms with van der Waals surface area (Å²) in [5, 5.41) is 10.6. The van der Waals surface area contributed by atoms with E-state index in [2.05, 4.69) is 55.4 Å². The van der Waals surface area contributed by atoms with Crippen LogP contribution in [0.4, 0.5) is 0 Å². The van der Waals surface area contributed by atoms with Crippen LogP contribution in [0.15, 0.2) is 0 Å². The van der Waals surface area contributed by atoms with Gasteiger partial charge in [-0.15, -0.1) is 0 Å². The predicted octanol–water partition coefficient (Wildman–Crippen LogP) is 20.9. The van der Waals surface area contributed by atoms with Gasteiger partial charge in [-0.2, -0.15) is 0 Å². The quantitative estimate of drug-likeness (QED) is 0.0222. The first-order valence-electron chi connectivity index (χ1n) is 37.7. The fourth-order valence-corrected chi connectivity index (χ4v) is 12.6. The third kappa shape index (κ3) is 65.4. The SMILES string of the molecule is CCC(C)CCCCCCCCC(=O)O[C@H](COC(=O)CCCCCCCCCCC(C)C)COP(=O)(O)OCC(O)COP(=O)(O)OC[C@@H](COC(=O)CCCCCCCCCCCCCC(C)C)OC(=O)CCCCCCCCCCCCCCCCC(C)C. The van der Waals surface area contributed by atoms with Crippen molar-refractivity contribution in [3.8, 4) is 0 Å². The zero-order chi connectivity index (χ0) is 68.2. The zero-order valence-corrected chi connectivity index (χ0v) is 62.0. The normalized spacial score (nSPS) is 14.5. The number of hydrogen-bond acceptors (Lipinski definition) is 15. The Morgan fingerprint density at radius 1 is 0.304 bits per heavy atom. The van der Waals surface area contributed by atoms with Gasteiger partial charge in [0.05, 0.1) is 26.4 Å². The third-order valence-electron chi connectivity index (χ3n) is 17.2. The van der Waals surface area contributed by atoms with Crippen molar-refractivity contribution in [3.05, 3.63) is 0 Å². The molecule has 0 amide bonds. The van der Waals surface area contributed by atoms with Gasteiger partial charge in [-0.25, -0.2) is 9.13 Å². The van der Waals surface area contributed by atoms with E-state index in [-0.39, 0.29) is 25.7 Å². The van der Waals surface area contributed by atoms with Gasteiger partial charge in [-0.1, -0.05) is 312 Å². The van der Waals surface area contributed by atoms with E-state index in [1.54, 1.807) is 0 Å². The van der Waals surface area contributed by atoms with Gasteiger partial charge in [0.25, 0.3) is 0 Å². The van der Waals surface area contributed by atoms with E-state index >= 15 is 0 Å². The van der Waals surface area contributed by atoms with Gasteiger partial charge in [0.2, 0.25) is 0 Å². The lowest BCUT2D eigenvalue weighted by Crippen LogP contribution is -2.30. The van der Waals surface area contributed by atoms with Crippen molar-refractivity contribution in [2.75, 3.05) is 39.6 Å². The van der Waals surface area contributed by atoms with Crippen LogP contribution in [0.3, 0.4) is 0 Å². The molecule has 3 N–H and O–H groups in total. The van der Waals surface area contributed by atoms with Crippen molar-refractivity contribution in [2.45, 2.75) is 382 Å². The monoisotopic (exact) mass is 1350 g/mol. The average Bonchev–Trinajstić information content (AvgIpc) is 3.45. The Hall–Kier alpha value is -1.94. The Labute approximate surface area is 562 Å². The molecule has 0 aromatic heterocycles. The first kappa shape index (κ1) is 90.1. The van der Waals surface area contributed by atoms with Crippen LogP contribution < -0.4 is 0 Å². The fraction of sp³-hybridized carbons (Fsp3) is 0.945. The molecule has 0 aliphatic carbocycles. The number of carbonyl (C=O) groups is 4. The molecule has 0 saturated carbocycles. The lowest BCUT2D eigenvalue weighted by Gasteiger charge is -2.21. The Morgan fingerprint density at radius 3 is 0.772 bits per heavy atom. The molecule has 0 aliphatic rings. The third-order valence-corrected chi connectivity index (χ3v) is 19.1. The number of aliphatic hydroxyl groups excluding tert-OH is 1. The summed E-state index contributed by atoms with van der Waals surface area (Å²) in [5.41, 5.74) is 0. The number of esters is 4. The smallest absolute Gasteiger partial charge is 0.462 e. The van der Waals surface area contributed by atoms with Crippen LogP contribution in [0.25, 0.3) is 0 Å². The highest BCUT2D eigenvalue weighted by Crippen LogP contribution is 2.45. The summed E-state index contributed by atoms with van der Waals surface area (Å²) in [7, 11) is -9.91. The van der Waals surface area contributed by atoms with Gasteiger partial charge in [-0.05, 0) is 49.4 Å². The minimum Gasteiger partial charge on any atom is -0.462 e. The van der Waals surface area contributed by atoms with Crippen molar-refractivity contribution < 1.29 is 80.2 Å². The summed E-state index contributed by atoms with van der Waals surface area (Å²) in [5.74, 6) is 0.885. The van der Waals surface area contributed by atoms with Crippen molar-refractivity contribution in [1.29, 1.82) is 0 Å². The van der Waals surface area contributed by atoms with Crippen LogP contribution in [0.1, 0.15) is 364 Å². The number of carbonyl (C=O) groups excluding carboxylic acids is 4. The lowest BCUT2D eigenvalue weighted by molar-refractivity contribution is -0.161. The molecule has 19 heteroatoms. The number of phosphoric ester groups is 2. The number of ether oxygens (including phenoxy) is 4. The van der Waals surface area contributed by atoms with Crippen molar-refractivity contribution in [2.24, 2.45) is 23.7 Å². The van der Waals surface area contributed by atoms with Crippen molar-refractivity contribution in [3.63, 3.8) is 0 Å². The van der Waals surface area contributed by atoms with Crippen LogP contribution in [0.5, 0.6) is 0 Å². The molecule has 0 saturated heterocycles. The molecule has 0 rings (SSSR count). The Kier molecular flexibility index (Phi) is 61.3. The molecule has 546 valence electrons. The second kappa shape index (κ2) is 62.6. The molecule has 0 aliphatic heterocycles. The molecule has 6 atom stereocenters. The van der Waals surface area contributed by atoms with Gasteiger partial charge >= 0.3 is 39.5 Å². The van der Waals surface area contributed by atoms with Gasteiger partial charge in [0, 0.05) is 25.7 Å². The van der Waals surface area contributed by atoms with Crippen molar-refractivity contribution >= 4 is 39.5 Å². The minimum atomic E-state index is -4.96. The second-order valence-electron chi connectivity index (χ2n) is 28.0. The van der Waals surface area contributed by atoms with Crippen molar-refractivity contribution in [1.82, 2.24) is 0 Å². The van der Waals surface area contributed by atoms with E-state index in [0.717, 1.165) is 114 Å². The predicted molar refractivity (Wildman–Crippen MR) is 372 cm³/mol. The molecule has 4 unspecified atom stereocenters. The molecule has 0 aromatic rings. The maximum absolute atomic E-state index is 13.1. The van der Waals surface area contributed by atoms with Gasteiger partial charge in [0.15, 0.2) is 12.2 Å². The Bertz CT molecular complexity index is 1820. The van der Waals surface area contributed by atoms with Crippen LogP contribution in [-0.2, 0) is 65.4 Å². The highest BCUT2D eigenvalue weighted by molar-refractivity contribution is 7.47. The van der Waals surface area contributed by atoms with Gasteiger partial charge in [-0.3, -0.25) is 37.3 Å². The summed E-state index contributed by atoms with van der Waals surface area (Å²) >= 11 is 0. The molecule has 0 heterocycles. The molecule has 0 fully saturated rings. The topological polar surface area (TPSA) is 237 Å². The number of aliphatic hydroxyl groups is 1. The van der Waals surface area contributed by atoms with E-state index in [9.17, 15) is 43.2 Å². The van der Waals surface area contributed by atoms with Gasteiger partial charge in [0.1, 0.15) is 19.3 Å². The van der Waals surface area contributed by atoms with E-state index in [1.807, 2.05) is 0 Å². The van der Waals surface area contributed by atoms with E-state index < -0.39 is 97.5 Å². The summed E-state index contributed by atoms with van der Waals surface area (Å²) in [6.45, 7) is 14.1. The first-order valence-corrected chi connectivity index (χ1v) is 40.7. The van der Waals surface area contributed by atoms with E-state index in [0.29, 0.717) is 25.7 Å². The minimum absolute atomic E-state index is 0.102. The van der Waals surface area contributed by atoms with E-state index in [1.165, 1.54) is 167 Å². The van der Waals surface area contributed by atoms with E-state index in [4.69, 9.17) is 37.0 Å². The molecular formula is C73H142O17P2. The Balaban J connectivity index is 5.25. The van der Waals surface area contributed by atoms with Crippen LogP contribution in [0, 0.1) is 23.7 Å².